The summed E-state index contributed by atoms with van der Waals surface area (Å²) in [6, 6.07) is 30.2. The van der Waals surface area contributed by atoms with E-state index in [0.717, 1.165) is 160 Å². The van der Waals surface area contributed by atoms with Crippen LogP contribution < -0.4 is 20.5 Å². The van der Waals surface area contributed by atoms with Gasteiger partial charge in [-0.05, 0) is 139 Å². The molecule has 2 saturated heterocycles. The van der Waals surface area contributed by atoms with Gasteiger partial charge in [-0.25, -0.2) is 0 Å². The van der Waals surface area contributed by atoms with Crippen LogP contribution in [0, 0.1) is 11.3 Å². The van der Waals surface area contributed by atoms with E-state index >= 15 is 0 Å². The van der Waals surface area contributed by atoms with Gasteiger partial charge in [0.25, 0.3) is 0 Å². The van der Waals surface area contributed by atoms with Gasteiger partial charge < -0.3 is 39.3 Å². The number of benzene rings is 4. The number of nitriles is 1. The summed E-state index contributed by atoms with van der Waals surface area (Å²) in [6.45, 7) is 19.6. The average Bonchev–Trinajstić information content (AvgIpc) is 3.94. The summed E-state index contributed by atoms with van der Waals surface area (Å²) in [4.78, 5) is 33.0. The van der Waals surface area contributed by atoms with E-state index in [1.54, 1.807) is 6.26 Å². The van der Waals surface area contributed by atoms with E-state index in [2.05, 4.69) is 79.1 Å². The van der Waals surface area contributed by atoms with Gasteiger partial charge in [-0.2, -0.15) is 5.26 Å². The average molecular weight is 986 g/mol. The van der Waals surface area contributed by atoms with Gasteiger partial charge in [0, 0.05) is 111 Å². The number of halogens is 1. The van der Waals surface area contributed by atoms with Gasteiger partial charge in [0.1, 0.15) is 17.1 Å². The molecule has 0 saturated carbocycles. The molecule has 14 heteroatoms. The molecular formula is C57H73ClN8O5. The predicted molar refractivity (Wildman–Crippen MR) is 286 cm³/mol. The molecule has 3 N–H and O–H groups in total. The molecule has 0 aliphatic carbocycles. The number of piperazine rings is 2. The molecule has 0 atom stereocenters. The number of unbranched alkanes of at least 4 members (excludes halogenated alkanes) is 4. The van der Waals surface area contributed by atoms with Crippen LogP contribution in [0.3, 0.4) is 0 Å². The lowest BCUT2D eigenvalue weighted by atomic mass is 10.0. The minimum atomic E-state index is -0.566. The predicted octanol–water partition coefficient (Wildman–Crippen LogP) is 9.59. The highest BCUT2D eigenvalue weighted by atomic mass is 35.5. The van der Waals surface area contributed by atoms with Gasteiger partial charge in [-0.15, -0.1) is 0 Å². The van der Waals surface area contributed by atoms with Crippen LogP contribution in [0.15, 0.2) is 102 Å². The van der Waals surface area contributed by atoms with Crippen LogP contribution in [0.4, 0.5) is 0 Å². The number of hydrogen-bond acceptors (Lipinski definition) is 10. The number of fused-ring (bicyclic) bond motifs is 2. The van der Waals surface area contributed by atoms with Crippen molar-refractivity contribution in [3.05, 3.63) is 108 Å². The maximum Gasteiger partial charge on any atom is 0.237 e. The number of nitrogens with two attached hydrogens (primary N) is 1. The van der Waals surface area contributed by atoms with Crippen LogP contribution in [0.1, 0.15) is 71.8 Å². The van der Waals surface area contributed by atoms with E-state index < -0.39 is 5.54 Å². The van der Waals surface area contributed by atoms with E-state index in [9.17, 15) is 9.59 Å². The number of carbonyl (C=O) groups excluding carboxylic acids is 2. The van der Waals surface area contributed by atoms with Crippen molar-refractivity contribution in [1.82, 2.24) is 29.5 Å². The Balaban J connectivity index is 0.000000209. The summed E-state index contributed by atoms with van der Waals surface area (Å²) in [5, 5.41) is 15.0. The van der Waals surface area contributed by atoms with Crippen molar-refractivity contribution in [3.8, 4) is 39.8 Å². The number of hydrogen-bond donors (Lipinski definition) is 2. The number of aromatic nitrogens is 1. The summed E-state index contributed by atoms with van der Waals surface area (Å²) in [6.07, 6.45) is 10.6. The highest BCUT2D eigenvalue weighted by Crippen LogP contribution is 2.34. The summed E-state index contributed by atoms with van der Waals surface area (Å²) >= 11 is 6.05. The summed E-state index contributed by atoms with van der Waals surface area (Å²) in [5.41, 5.74) is 12.0. The molecule has 2 aromatic heterocycles. The second-order valence-electron chi connectivity index (χ2n) is 19.7. The molecule has 0 unspecified atom stereocenters. The molecule has 2 fully saturated rings. The van der Waals surface area contributed by atoms with Gasteiger partial charge in [-0.3, -0.25) is 19.4 Å². The SMILES string of the molecule is CC(C)NC(=O)CN1CCN(CCCCCOc2ccc3c(-c4ccc(C#N)cc4)coc3c2)CC1.Cn1cc(-c2ccc(Cl)cc2)c2ccc(OCCCCCN3CCN(C(C)(C)C(N)=O)CC3)cc21. The van der Waals surface area contributed by atoms with E-state index in [1.165, 1.54) is 10.9 Å². The first kappa shape index (κ1) is 52.9. The van der Waals surface area contributed by atoms with Crippen molar-refractivity contribution in [2.45, 2.75) is 77.8 Å². The molecule has 71 heavy (non-hydrogen) atoms. The van der Waals surface area contributed by atoms with Crippen LogP contribution in [-0.2, 0) is 16.6 Å². The van der Waals surface area contributed by atoms with Gasteiger partial charge in [0.15, 0.2) is 0 Å². The Kier molecular flexibility index (Phi) is 19.0. The van der Waals surface area contributed by atoms with Gasteiger partial charge in [0.2, 0.25) is 11.8 Å². The largest absolute Gasteiger partial charge is 0.494 e. The van der Waals surface area contributed by atoms with Crippen molar-refractivity contribution in [3.63, 3.8) is 0 Å². The van der Waals surface area contributed by atoms with Gasteiger partial charge in [-0.1, -0.05) is 35.9 Å². The van der Waals surface area contributed by atoms with Crippen LogP contribution in [-0.4, -0.2) is 133 Å². The van der Waals surface area contributed by atoms with E-state index in [0.29, 0.717) is 18.7 Å². The quantitative estimate of drug-likeness (QED) is 0.0669. The van der Waals surface area contributed by atoms with Gasteiger partial charge in [0.05, 0.1) is 48.7 Å². The first-order valence-electron chi connectivity index (χ1n) is 25.4. The van der Waals surface area contributed by atoms with E-state index in [4.69, 9.17) is 36.5 Å². The molecule has 0 bridgehead atoms. The van der Waals surface area contributed by atoms with Crippen molar-refractivity contribution in [2.24, 2.45) is 12.8 Å². The molecule has 4 aromatic carbocycles. The second kappa shape index (κ2) is 25.5. The first-order valence-corrected chi connectivity index (χ1v) is 25.8. The zero-order chi connectivity index (χ0) is 50.3. The van der Waals surface area contributed by atoms with Crippen molar-refractivity contribution >= 4 is 45.3 Å². The van der Waals surface area contributed by atoms with Gasteiger partial charge >= 0.3 is 0 Å². The second-order valence-corrected chi connectivity index (χ2v) is 20.2. The fourth-order valence-electron chi connectivity index (χ4n) is 9.40. The van der Waals surface area contributed by atoms with E-state index in [-0.39, 0.29) is 17.9 Å². The third kappa shape index (κ3) is 14.8. The zero-order valence-corrected chi connectivity index (χ0v) is 43.2. The molecular weight excluding hydrogens is 912 g/mol. The lowest BCUT2D eigenvalue weighted by molar-refractivity contribution is -0.129. The molecule has 378 valence electrons. The highest BCUT2D eigenvalue weighted by molar-refractivity contribution is 6.30. The van der Waals surface area contributed by atoms with Crippen LogP contribution in [0.25, 0.3) is 44.1 Å². The number of carbonyl (C=O) groups is 2. The smallest absolute Gasteiger partial charge is 0.237 e. The zero-order valence-electron chi connectivity index (χ0n) is 42.4. The Morgan fingerprint density at radius 3 is 1.87 bits per heavy atom. The normalized spacial score (nSPS) is 15.1. The lowest BCUT2D eigenvalue weighted by Crippen LogP contribution is -2.59. The Morgan fingerprint density at radius 1 is 0.732 bits per heavy atom. The van der Waals surface area contributed by atoms with Crippen LogP contribution >= 0.6 is 11.6 Å². The number of primary amides is 1. The number of nitrogens with one attached hydrogen (secondary N) is 1. The molecule has 0 spiro atoms. The fourth-order valence-corrected chi connectivity index (χ4v) is 9.52. The molecule has 0 radical (unpaired) electrons. The topological polar surface area (TPSA) is 145 Å². The van der Waals surface area contributed by atoms with E-state index in [1.807, 2.05) is 82.3 Å². The monoisotopic (exact) mass is 985 g/mol. The molecule has 2 amide bonds. The van der Waals surface area contributed by atoms with Crippen LogP contribution in [0.2, 0.25) is 5.02 Å². The Bertz CT molecular complexity index is 2690. The Morgan fingerprint density at radius 2 is 1.28 bits per heavy atom. The number of ether oxygens (including phenoxy) is 2. The lowest BCUT2D eigenvalue weighted by Gasteiger charge is -2.42. The number of nitrogens with zero attached hydrogens (tertiary/aromatic N) is 6. The number of amides is 2. The minimum absolute atomic E-state index is 0.122. The van der Waals surface area contributed by atoms with Crippen molar-refractivity contribution in [2.75, 3.05) is 85.2 Å². The fraction of sp³-hybridized carbons (Fsp3) is 0.456. The molecule has 6 aromatic rings. The number of aryl methyl sites for hydroxylation is 1. The Labute approximate surface area is 425 Å². The summed E-state index contributed by atoms with van der Waals surface area (Å²) in [5.74, 6) is 1.60. The highest BCUT2D eigenvalue weighted by Gasteiger charge is 2.34. The molecule has 2 aliphatic heterocycles. The third-order valence-electron chi connectivity index (χ3n) is 13.8. The maximum atomic E-state index is 11.9. The molecule has 4 heterocycles. The molecule has 13 nitrogen and oxygen atoms in total. The third-order valence-corrected chi connectivity index (χ3v) is 14.1. The van der Waals surface area contributed by atoms with Crippen molar-refractivity contribution in [1.29, 1.82) is 5.26 Å². The number of furan rings is 1. The standard InChI is InChI=1S/C29H36N4O3.C28H37ClN4O2/c1-22(2)31-29(34)20-33-15-13-32(14-16-33)12-4-3-5-17-35-25-10-11-26-27(21-36-28(26)18-25)24-8-6-23(19-30)7-9-24;1-28(2,27(30)34)33-16-14-32(15-17-33)13-5-4-6-18-35-23-11-12-24-25(20-31(3)26(24)19-23)21-7-9-22(29)10-8-21/h6-11,18,21-22H,3-5,12-17,20H2,1-2H3,(H,31,34);7-12,19-20H,4-6,13-18H2,1-3H3,(H2,30,34). The number of rotatable bonds is 21. The first-order chi connectivity index (χ1) is 34.3. The van der Waals surface area contributed by atoms with Crippen molar-refractivity contribution < 1.29 is 23.5 Å². The minimum Gasteiger partial charge on any atom is -0.494 e. The van der Waals surface area contributed by atoms with Crippen LogP contribution in [0.5, 0.6) is 11.5 Å². The summed E-state index contributed by atoms with van der Waals surface area (Å²) < 4.78 is 20.0. The Hall–Kier alpha value is -5.88. The summed E-state index contributed by atoms with van der Waals surface area (Å²) in [7, 11) is 2.07. The maximum absolute atomic E-state index is 11.9. The molecule has 2 aliphatic rings. The molecule has 8 rings (SSSR count).